The molecule has 0 spiro atoms. The summed E-state index contributed by atoms with van der Waals surface area (Å²) in [7, 11) is 0. The van der Waals surface area contributed by atoms with Crippen LogP contribution < -0.4 is 5.32 Å². The van der Waals surface area contributed by atoms with Crippen molar-refractivity contribution in [2.45, 2.75) is 58.9 Å². The monoisotopic (exact) mass is 284 g/mol. The van der Waals surface area contributed by atoms with Crippen LogP contribution in [0.2, 0.25) is 0 Å². The Morgan fingerprint density at radius 2 is 2.10 bits per heavy atom. The fraction of sp³-hybridized carbons (Fsp3) is 0.938. The Kier molecular flexibility index (Phi) is 8.15. The van der Waals surface area contributed by atoms with E-state index in [1.165, 1.54) is 19.3 Å². The van der Waals surface area contributed by atoms with Crippen molar-refractivity contribution in [3.63, 3.8) is 0 Å². The number of rotatable bonds is 8. The highest BCUT2D eigenvalue weighted by Crippen LogP contribution is 2.23. The summed E-state index contributed by atoms with van der Waals surface area (Å²) in [5.41, 5.74) is 0. The Labute approximate surface area is 123 Å². The molecule has 1 aliphatic heterocycles. The van der Waals surface area contributed by atoms with Gasteiger partial charge in [-0.1, -0.05) is 33.6 Å². The number of hydrogen-bond acceptors (Lipinski definition) is 3. The molecule has 2 unspecified atom stereocenters. The van der Waals surface area contributed by atoms with E-state index in [9.17, 15) is 4.79 Å². The van der Waals surface area contributed by atoms with Gasteiger partial charge in [-0.15, -0.1) is 0 Å². The number of piperidine rings is 1. The summed E-state index contributed by atoms with van der Waals surface area (Å²) in [6.07, 6.45) is 5.63. The quantitative estimate of drug-likeness (QED) is 0.671. The summed E-state index contributed by atoms with van der Waals surface area (Å²) >= 11 is 0. The number of amides is 1. The van der Waals surface area contributed by atoms with Crippen LogP contribution in [0.3, 0.4) is 0 Å². The third kappa shape index (κ3) is 5.80. The Morgan fingerprint density at radius 3 is 2.70 bits per heavy atom. The summed E-state index contributed by atoms with van der Waals surface area (Å²) < 4.78 is 0. The molecule has 1 aliphatic rings. The first-order valence-electron chi connectivity index (χ1n) is 8.21. The van der Waals surface area contributed by atoms with E-state index in [2.05, 4.69) is 12.2 Å². The minimum Gasteiger partial charge on any atom is -0.396 e. The van der Waals surface area contributed by atoms with Gasteiger partial charge in [0.25, 0.3) is 0 Å². The SMILES string of the molecule is CCCCC1CC(NCCCO)CN(C(=O)C(C)C)C1. The van der Waals surface area contributed by atoms with Crippen molar-refractivity contribution in [2.75, 3.05) is 26.2 Å². The average Bonchev–Trinajstić information content (AvgIpc) is 2.44. The number of hydrogen-bond donors (Lipinski definition) is 2. The van der Waals surface area contributed by atoms with E-state index in [4.69, 9.17) is 5.11 Å². The van der Waals surface area contributed by atoms with Crippen LogP contribution in [0.25, 0.3) is 0 Å². The van der Waals surface area contributed by atoms with Crippen LogP contribution in [0.5, 0.6) is 0 Å². The molecule has 1 heterocycles. The number of carbonyl (C=O) groups is 1. The fourth-order valence-electron chi connectivity index (χ4n) is 2.98. The molecule has 0 aromatic rings. The molecule has 0 aliphatic carbocycles. The molecule has 0 bridgehead atoms. The van der Waals surface area contributed by atoms with Crippen LogP contribution >= 0.6 is 0 Å². The second kappa shape index (κ2) is 9.35. The lowest BCUT2D eigenvalue weighted by atomic mass is 9.89. The number of unbranched alkanes of at least 4 members (excludes halogenated alkanes) is 1. The highest BCUT2D eigenvalue weighted by Gasteiger charge is 2.30. The number of aliphatic hydroxyl groups excluding tert-OH is 1. The summed E-state index contributed by atoms with van der Waals surface area (Å²) in [5, 5.41) is 12.4. The lowest BCUT2D eigenvalue weighted by Gasteiger charge is -2.39. The number of nitrogens with one attached hydrogen (secondary N) is 1. The van der Waals surface area contributed by atoms with Crippen molar-refractivity contribution >= 4 is 5.91 Å². The molecule has 0 saturated carbocycles. The van der Waals surface area contributed by atoms with Gasteiger partial charge in [-0.05, 0) is 31.7 Å². The molecule has 1 saturated heterocycles. The topological polar surface area (TPSA) is 52.6 Å². The number of aliphatic hydroxyl groups is 1. The molecule has 0 radical (unpaired) electrons. The molecule has 1 fully saturated rings. The van der Waals surface area contributed by atoms with E-state index in [-0.39, 0.29) is 18.4 Å². The lowest BCUT2D eigenvalue weighted by molar-refractivity contribution is -0.137. The second-order valence-corrected chi connectivity index (χ2v) is 6.37. The van der Waals surface area contributed by atoms with Crippen LogP contribution in [0.1, 0.15) is 52.9 Å². The summed E-state index contributed by atoms with van der Waals surface area (Å²) in [4.78, 5) is 14.3. The minimum atomic E-state index is 0.0815. The zero-order valence-corrected chi connectivity index (χ0v) is 13.4. The van der Waals surface area contributed by atoms with Crippen LogP contribution in [0, 0.1) is 11.8 Å². The first-order valence-corrected chi connectivity index (χ1v) is 8.21. The average molecular weight is 284 g/mol. The number of nitrogens with zero attached hydrogens (tertiary/aromatic N) is 1. The minimum absolute atomic E-state index is 0.0815. The van der Waals surface area contributed by atoms with Crippen molar-refractivity contribution in [1.82, 2.24) is 10.2 Å². The summed E-state index contributed by atoms with van der Waals surface area (Å²) in [6.45, 7) is 8.99. The standard InChI is InChI=1S/C16H32N2O2/c1-4-5-7-14-10-15(17-8-6-9-19)12-18(11-14)16(20)13(2)3/h13-15,17,19H,4-12H2,1-3H3. The summed E-state index contributed by atoms with van der Waals surface area (Å²) in [5.74, 6) is 0.983. The van der Waals surface area contributed by atoms with Gasteiger partial charge >= 0.3 is 0 Å². The molecule has 20 heavy (non-hydrogen) atoms. The highest BCUT2D eigenvalue weighted by molar-refractivity contribution is 5.78. The predicted octanol–water partition coefficient (Wildman–Crippen LogP) is 2.02. The van der Waals surface area contributed by atoms with Crippen LogP contribution in [0.15, 0.2) is 0 Å². The van der Waals surface area contributed by atoms with Crippen LogP contribution in [-0.2, 0) is 4.79 Å². The molecular formula is C16H32N2O2. The zero-order chi connectivity index (χ0) is 15.0. The molecule has 0 aromatic carbocycles. The third-order valence-electron chi connectivity index (χ3n) is 4.08. The Morgan fingerprint density at radius 1 is 1.35 bits per heavy atom. The van der Waals surface area contributed by atoms with E-state index in [0.29, 0.717) is 12.0 Å². The van der Waals surface area contributed by atoms with Crippen molar-refractivity contribution in [3.8, 4) is 0 Å². The highest BCUT2D eigenvalue weighted by atomic mass is 16.3. The molecule has 2 N–H and O–H groups in total. The van der Waals surface area contributed by atoms with E-state index < -0.39 is 0 Å². The molecule has 2 atom stereocenters. The largest absolute Gasteiger partial charge is 0.396 e. The van der Waals surface area contributed by atoms with Gasteiger partial charge < -0.3 is 15.3 Å². The molecule has 1 rings (SSSR count). The first-order chi connectivity index (χ1) is 9.58. The Bertz CT molecular complexity index is 282. The maximum Gasteiger partial charge on any atom is 0.225 e. The number of likely N-dealkylation sites (tertiary alicyclic amines) is 1. The van der Waals surface area contributed by atoms with Crippen LogP contribution in [0.4, 0.5) is 0 Å². The smallest absolute Gasteiger partial charge is 0.225 e. The molecule has 0 aromatic heterocycles. The van der Waals surface area contributed by atoms with E-state index in [0.717, 1.165) is 32.5 Å². The summed E-state index contributed by atoms with van der Waals surface area (Å²) in [6, 6.07) is 0.389. The zero-order valence-electron chi connectivity index (χ0n) is 13.4. The van der Waals surface area contributed by atoms with E-state index >= 15 is 0 Å². The van der Waals surface area contributed by atoms with Crippen LogP contribution in [-0.4, -0.2) is 48.2 Å². The Balaban J connectivity index is 2.54. The van der Waals surface area contributed by atoms with Gasteiger partial charge in [-0.2, -0.15) is 0 Å². The van der Waals surface area contributed by atoms with Gasteiger partial charge in [-0.25, -0.2) is 0 Å². The fourth-order valence-corrected chi connectivity index (χ4v) is 2.98. The second-order valence-electron chi connectivity index (χ2n) is 6.37. The van der Waals surface area contributed by atoms with Crippen molar-refractivity contribution in [2.24, 2.45) is 11.8 Å². The maximum atomic E-state index is 12.3. The Hall–Kier alpha value is -0.610. The third-order valence-corrected chi connectivity index (χ3v) is 4.08. The van der Waals surface area contributed by atoms with E-state index in [1.807, 2.05) is 18.7 Å². The predicted molar refractivity (Wildman–Crippen MR) is 82.5 cm³/mol. The van der Waals surface area contributed by atoms with Gasteiger partial charge in [0.1, 0.15) is 0 Å². The van der Waals surface area contributed by atoms with Gasteiger partial charge in [0.2, 0.25) is 5.91 Å². The lowest BCUT2D eigenvalue weighted by Crippen LogP contribution is -2.52. The van der Waals surface area contributed by atoms with Gasteiger partial charge in [0, 0.05) is 31.7 Å². The van der Waals surface area contributed by atoms with Crippen molar-refractivity contribution < 1.29 is 9.90 Å². The first kappa shape index (κ1) is 17.4. The normalized spacial score (nSPS) is 23.4. The van der Waals surface area contributed by atoms with Gasteiger partial charge in [-0.3, -0.25) is 4.79 Å². The molecule has 118 valence electrons. The van der Waals surface area contributed by atoms with Gasteiger partial charge in [0.15, 0.2) is 0 Å². The molecule has 4 heteroatoms. The van der Waals surface area contributed by atoms with E-state index in [1.54, 1.807) is 0 Å². The molecule has 1 amide bonds. The molecule has 4 nitrogen and oxygen atoms in total. The number of carbonyl (C=O) groups excluding carboxylic acids is 1. The van der Waals surface area contributed by atoms with Crippen molar-refractivity contribution in [3.05, 3.63) is 0 Å². The maximum absolute atomic E-state index is 12.3. The van der Waals surface area contributed by atoms with Gasteiger partial charge in [0.05, 0.1) is 0 Å². The molecular weight excluding hydrogens is 252 g/mol. The van der Waals surface area contributed by atoms with Crippen molar-refractivity contribution in [1.29, 1.82) is 0 Å².